The van der Waals surface area contributed by atoms with Gasteiger partial charge in [-0.1, -0.05) is 25.7 Å². The molecule has 0 heterocycles. The van der Waals surface area contributed by atoms with Gasteiger partial charge >= 0.3 is 6.03 Å². The lowest BCUT2D eigenvalue weighted by Crippen LogP contribution is -2.53. The molecule has 2 aliphatic carbocycles. The molecule has 0 aromatic carbocycles. The van der Waals surface area contributed by atoms with Crippen molar-refractivity contribution in [2.45, 2.75) is 89.1 Å². The highest BCUT2D eigenvalue weighted by atomic mass is 16.2. The maximum atomic E-state index is 12.1. The van der Waals surface area contributed by atoms with Crippen LogP contribution in [0.4, 0.5) is 4.79 Å². The minimum atomic E-state index is -0.226. The van der Waals surface area contributed by atoms with E-state index in [1.165, 1.54) is 32.1 Å². The molecule has 0 aliphatic heterocycles. The SMILES string of the molecule is CC(CN)(NC(=O)CCCCCNC(=O)NC1CCCCC1)C1CC1. The third kappa shape index (κ3) is 7.22. The standard InChI is InChI=1S/C19H36N4O2/c1-19(14-20,15-11-12-15)23-17(24)10-6-3-7-13-21-18(25)22-16-8-4-2-5-9-16/h15-16H,2-14,20H2,1H3,(H,23,24)(H2,21,22,25). The predicted molar refractivity (Wildman–Crippen MR) is 100 cm³/mol. The molecule has 6 nitrogen and oxygen atoms in total. The number of rotatable bonds is 10. The Morgan fingerprint density at radius 1 is 1.04 bits per heavy atom. The highest BCUT2D eigenvalue weighted by Crippen LogP contribution is 2.39. The summed E-state index contributed by atoms with van der Waals surface area (Å²) in [5.41, 5.74) is 5.60. The van der Waals surface area contributed by atoms with Crippen molar-refractivity contribution in [2.24, 2.45) is 11.7 Å². The molecule has 6 heteroatoms. The van der Waals surface area contributed by atoms with E-state index in [-0.39, 0.29) is 17.5 Å². The zero-order valence-electron chi connectivity index (χ0n) is 15.7. The lowest BCUT2D eigenvalue weighted by Gasteiger charge is -2.29. The molecule has 0 bridgehead atoms. The van der Waals surface area contributed by atoms with Crippen molar-refractivity contribution in [1.82, 2.24) is 16.0 Å². The number of amides is 3. The molecule has 2 fully saturated rings. The van der Waals surface area contributed by atoms with E-state index in [4.69, 9.17) is 5.73 Å². The first kappa shape index (κ1) is 20.0. The van der Waals surface area contributed by atoms with Crippen LogP contribution in [0.5, 0.6) is 0 Å². The number of hydrogen-bond donors (Lipinski definition) is 4. The molecule has 0 aromatic rings. The molecule has 2 saturated carbocycles. The third-order valence-electron chi connectivity index (χ3n) is 5.63. The highest BCUT2D eigenvalue weighted by Gasteiger charge is 2.41. The Morgan fingerprint density at radius 3 is 2.40 bits per heavy atom. The van der Waals surface area contributed by atoms with Crippen LogP contribution < -0.4 is 21.7 Å². The van der Waals surface area contributed by atoms with E-state index in [1.54, 1.807) is 0 Å². The highest BCUT2D eigenvalue weighted by molar-refractivity contribution is 5.76. The lowest BCUT2D eigenvalue weighted by atomic mass is 9.95. The molecular weight excluding hydrogens is 316 g/mol. The Bertz CT molecular complexity index is 433. The van der Waals surface area contributed by atoms with Crippen molar-refractivity contribution >= 4 is 11.9 Å². The summed E-state index contributed by atoms with van der Waals surface area (Å²) >= 11 is 0. The normalized spacial score (nSPS) is 20.6. The molecule has 0 radical (unpaired) electrons. The molecule has 1 unspecified atom stereocenters. The zero-order chi connectivity index (χ0) is 18.1. The average Bonchev–Trinajstić information content (AvgIpc) is 3.44. The van der Waals surface area contributed by atoms with Gasteiger partial charge in [0.1, 0.15) is 0 Å². The van der Waals surface area contributed by atoms with Gasteiger partial charge in [0.05, 0.1) is 5.54 Å². The van der Waals surface area contributed by atoms with Gasteiger partial charge in [0, 0.05) is 25.6 Å². The molecule has 144 valence electrons. The maximum absolute atomic E-state index is 12.1. The van der Waals surface area contributed by atoms with Crippen molar-refractivity contribution < 1.29 is 9.59 Å². The Kier molecular flexibility index (Phi) is 8.00. The summed E-state index contributed by atoms with van der Waals surface area (Å²) in [5.74, 6) is 0.649. The van der Waals surface area contributed by atoms with Crippen molar-refractivity contribution in [3.05, 3.63) is 0 Å². The van der Waals surface area contributed by atoms with E-state index in [2.05, 4.69) is 22.9 Å². The first-order valence-electron chi connectivity index (χ1n) is 10.1. The van der Waals surface area contributed by atoms with Gasteiger partial charge in [-0.15, -0.1) is 0 Å². The zero-order valence-corrected chi connectivity index (χ0v) is 15.7. The smallest absolute Gasteiger partial charge is 0.315 e. The van der Waals surface area contributed by atoms with E-state index in [1.807, 2.05) is 0 Å². The van der Waals surface area contributed by atoms with Gasteiger partial charge in [0.25, 0.3) is 0 Å². The summed E-state index contributed by atoms with van der Waals surface area (Å²) in [5, 5.41) is 9.09. The summed E-state index contributed by atoms with van der Waals surface area (Å²) in [4.78, 5) is 23.9. The number of hydrogen-bond acceptors (Lipinski definition) is 3. The fourth-order valence-corrected chi connectivity index (χ4v) is 3.69. The van der Waals surface area contributed by atoms with Crippen LogP contribution in [0.1, 0.15) is 77.6 Å². The molecule has 2 aliphatic rings. The summed E-state index contributed by atoms with van der Waals surface area (Å²) in [7, 11) is 0. The van der Waals surface area contributed by atoms with Gasteiger partial charge in [0.2, 0.25) is 5.91 Å². The molecule has 2 rings (SSSR count). The van der Waals surface area contributed by atoms with Crippen LogP contribution in [-0.2, 0) is 4.79 Å². The molecular formula is C19H36N4O2. The van der Waals surface area contributed by atoms with E-state index in [0.717, 1.165) is 32.1 Å². The monoisotopic (exact) mass is 352 g/mol. The first-order chi connectivity index (χ1) is 12.0. The van der Waals surface area contributed by atoms with Crippen LogP contribution in [0.25, 0.3) is 0 Å². The van der Waals surface area contributed by atoms with Crippen molar-refractivity contribution in [2.75, 3.05) is 13.1 Å². The molecule has 1 atom stereocenters. The number of urea groups is 1. The van der Waals surface area contributed by atoms with Gasteiger partial charge in [-0.25, -0.2) is 4.79 Å². The topological polar surface area (TPSA) is 96.2 Å². The minimum absolute atomic E-state index is 0.0483. The lowest BCUT2D eigenvalue weighted by molar-refractivity contribution is -0.123. The van der Waals surface area contributed by atoms with Gasteiger partial charge in [-0.2, -0.15) is 0 Å². The third-order valence-corrected chi connectivity index (χ3v) is 5.63. The second kappa shape index (κ2) is 10.00. The second-order valence-electron chi connectivity index (χ2n) is 7.99. The van der Waals surface area contributed by atoms with E-state index in [9.17, 15) is 9.59 Å². The molecule has 0 aromatic heterocycles. The fourth-order valence-electron chi connectivity index (χ4n) is 3.69. The second-order valence-corrected chi connectivity index (χ2v) is 7.99. The van der Waals surface area contributed by atoms with Crippen molar-refractivity contribution in [3.8, 4) is 0 Å². The Hall–Kier alpha value is -1.30. The first-order valence-corrected chi connectivity index (χ1v) is 10.1. The Morgan fingerprint density at radius 2 is 1.76 bits per heavy atom. The Labute approximate surface area is 152 Å². The summed E-state index contributed by atoms with van der Waals surface area (Å²) in [6.07, 6.45) is 11.5. The largest absolute Gasteiger partial charge is 0.349 e. The average molecular weight is 353 g/mol. The van der Waals surface area contributed by atoms with Crippen molar-refractivity contribution in [3.63, 3.8) is 0 Å². The predicted octanol–water partition coefficient (Wildman–Crippen LogP) is 2.42. The number of unbranched alkanes of at least 4 members (excludes halogenated alkanes) is 2. The quantitative estimate of drug-likeness (QED) is 0.455. The number of nitrogens with two attached hydrogens (primary N) is 1. The summed E-state index contributed by atoms with van der Waals surface area (Å²) in [6, 6.07) is 0.300. The number of carbonyl (C=O) groups is 2. The molecule has 3 amide bonds. The molecule has 25 heavy (non-hydrogen) atoms. The van der Waals surface area contributed by atoms with E-state index < -0.39 is 0 Å². The van der Waals surface area contributed by atoms with Gasteiger partial charge < -0.3 is 21.7 Å². The summed E-state index contributed by atoms with van der Waals surface area (Å²) < 4.78 is 0. The molecule has 5 N–H and O–H groups in total. The van der Waals surface area contributed by atoms with Crippen LogP contribution >= 0.6 is 0 Å². The molecule has 0 saturated heterocycles. The van der Waals surface area contributed by atoms with Crippen LogP contribution in [-0.4, -0.2) is 36.6 Å². The maximum Gasteiger partial charge on any atom is 0.315 e. The van der Waals surface area contributed by atoms with Crippen LogP contribution in [0, 0.1) is 5.92 Å². The van der Waals surface area contributed by atoms with Crippen LogP contribution in [0.15, 0.2) is 0 Å². The fraction of sp³-hybridized carbons (Fsp3) is 0.895. The van der Waals surface area contributed by atoms with E-state index >= 15 is 0 Å². The van der Waals surface area contributed by atoms with Crippen molar-refractivity contribution in [1.29, 1.82) is 0 Å². The molecule has 0 spiro atoms. The number of carbonyl (C=O) groups excluding carboxylic acids is 2. The summed E-state index contributed by atoms with van der Waals surface area (Å²) in [6.45, 7) is 3.23. The van der Waals surface area contributed by atoms with Gasteiger partial charge in [0.15, 0.2) is 0 Å². The van der Waals surface area contributed by atoms with Crippen LogP contribution in [0.2, 0.25) is 0 Å². The van der Waals surface area contributed by atoms with Gasteiger partial charge in [-0.3, -0.25) is 4.79 Å². The minimum Gasteiger partial charge on any atom is -0.349 e. The van der Waals surface area contributed by atoms with Gasteiger partial charge in [-0.05, 0) is 51.4 Å². The van der Waals surface area contributed by atoms with Crippen LogP contribution in [0.3, 0.4) is 0 Å². The number of nitrogens with one attached hydrogen (secondary N) is 3. The van der Waals surface area contributed by atoms with E-state index in [0.29, 0.717) is 31.5 Å². The Balaban J connectivity index is 1.47.